The van der Waals surface area contributed by atoms with E-state index in [0.717, 1.165) is 5.56 Å². The molecule has 0 saturated carbocycles. The van der Waals surface area contributed by atoms with Gasteiger partial charge < -0.3 is 15.0 Å². The van der Waals surface area contributed by atoms with Gasteiger partial charge in [0.2, 0.25) is 11.8 Å². The predicted octanol–water partition coefficient (Wildman–Crippen LogP) is 1.79. The lowest BCUT2D eigenvalue weighted by Gasteiger charge is -2.26. The second kappa shape index (κ2) is 7.12. The van der Waals surface area contributed by atoms with Gasteiger partial charge in [-0.25, -0.2) is 4.98 Å². The first-order valence-corrected chi connectivity index (χ1v) is 7.87. The summed E-state index contributed by atoms with van der Waals surface area (Å²) in [4.78, 5) is 29.5. The number of hydrogen-bond acceptors (Lipinski definition) is 4. The van der Waals surface area contributed by atoms with Crippen LogP contribution in [0.1, 0.15) is 28.9 Å². The standard InChI is InChI=1S/C18H19N3O3/c1-13(14-5-3-2-4-6-14)24-17-8-7-15(11-20-17)18(23)21-10-9-19-16(22)12-21/h2-8,11,13H,9-10,12H2,1H3,(H,19,22)/t13-/m1/s1. The Morgan fingerprint density at radius 1 is 1.25 bits per heavy atom. The molecule has 0 unspecified atom stereocenters. The summed E-state index contributed by atoms with van der Waals surface area (Å²) in [6.45, 7) is 3.02. The molecule has 0 aliphatic carbocycles. The Kier molecular flexibility index (Phi) is 4.74. The third-order valence-corrected chi connectivity index (χ3v) is 3.88. The highest BCUT2D eigenvalue weighted by Crippen LogP contribution is 2.20. The van der Waals surface area contributed by atoms with E-state index < -0.39 is 0 Å². The molecule has 1 aliphatic rings. The van der Waals surface area contributed by atoms with Gasteiger partial charge in [-0.15, -0.1) is 0 Å². The Bertz CT molecular complexity index is 716. The van der Waals surface area contributed by atoms with Crippen molar-refractivity contribution in [2.24, 2.45) is 0 Å². The number of pyridine rings is 1. The minimum absolute atomic E-state index is 0.0854. The van der Waals surface area contributed by atoms with Crippen LogP contribution in [0.5, 0.6) is 5.88 Å². The summed E-state index contributed by atoms with van der Waals surface area (Å²) in [6.07, 6.45) is 1.35. The summed E-state index contributed by atoms with van der Waals surface area (Å²) in [5.41, 5.74) is 1.50. The molecule has 2 amide bonds. The molecule has 1 aromatic carbocycles. The van der Waals surface area contributed by atoms with E-state index >= 15 is 0 Å². The van der Waals surface area contributed by atoms with E-state index in [2.05, 4.69) is 10.3 Å². The van der Waals surface area contributed by atoms with Crippen molar-refractivity contribution in [1.29, 1.82) is 0 Å². The van der Waals surface area contributed by atoms with Gasteiger partial charge in [0, 0.05) is 25.4 Å². The summed E-state index contributed by atoms with van der Waals surface area (Å²) in [6, 6.07) is 13.2. The molecule has 1 fully saturated rings. The van der Waals surface area contributed by atoms with E-state index in [0.29, 0.717) is 24.5 Å². The summed E-state index contributed by atoms with van der Waals surface area (Å²) < 4.78 is 5.80. The Morgan fingerprint density at radius 3 is 2.71 bits per heavy atom. The molecular weight excluding hydrogens is 306 g/mol. The Hall–Kier alpha value is -2.89. The van der Waals surface area contributed by atoms with Crippen LogP contribution in [0.3, 0.4) is 0 Å². The van der Waals surface area contributed by atoms with Crippen LogP contribution in [-0.2, 0) is 4.79 Å². The van der Waals surface area contributed by atoms with Crippen molar-refractivity contribution in [3.63, 3.8) is 0 Å². The van der Waals surface area contributed by atoms with E-state index in [9.17, 15) is 9.59 Å². The molecule has 24 heavy (non-hydrogen) atoms. The van der Waals surface area contributed by atoms with Crippen LogP contribution in [0, 0.1) is 0 Å². The fraction of sp³-hybridized carbons (Fsp3) is 0.278. The number of piperazine rings is 1. The Labute approximate surface area is 140 Å². The van der Waals surface area contributed by atoms with Crippen molar-refractivity contribution in [2.45, 2.75) is 13.0 Å². The number of ether oxygens (including phenoxy) is 1. The van der Waals surface area contributed by atoms with Crippen LogP contribution in [0.4, 0.5) is 0 Å². The minimum Gasteiger partial charge on any atom is -0.470 e. The zero-order valence-corrected chi connectivity index (χ0v) is 13.4. The van der Waals surface area contributed by atoms with Gasteiger partial charge in [0.25, 0.3) is 5.91 Å². The SMILES string of the molecule is C[C@@H](Oc1ccc(C(=O)N2CCNC(=O)C2)cn1)c1ccccc1. The number of hydrogen-bond donors (Lipinski definition) is 1. The lowest BCUT2D eigenvalue weighted by Crippen LogP contribution is -2.49. The fourth-order valence-electron chi connectivity index (χ4n) is 2.54. The Balaban J connectivity index is 1.65. The van der Waals surface area contributed by atoms with Crippen LogP contribution >= 0.6 is 0 Å². The van der Waals surface area contributed by atoms with Crippen LogP contribution in [-0.4, -0.2) is 41.3 Å². The van der Waals surface area contributed by atoms with Crippen molar-refractivity contribution in [2.75, 3.05) is 19.6 Å². The third-order valence-electron chi connectivity index (χ3n) is 3.88. The molecule has 6 heteroatoms. The van der Waals surface area contributed by atoms with Crippen LogP contribution in [0.15, 0.2) is 48.7 Å². The molecule has 2 aromatic rings. The van der Waals surface area contributed by atoms with Gasteiger partial charge in [-0.3, -0.25) is 9.59 Å². The highest BCUT2D eigenvalue weighted by Gasteiger charge is 2.22. The topological polar surface area (TPSA) is 71.5 Å². The van der Waals surface area contributed by atoms with E-state index in [1.807, 2.05) is 37.3 Å². The maximum Gasteiger partial charge on any atom is 0.255 e. The number of amides is 2. The molecule has 0 spiro atoms. The first-order valence-electron chi connectivity index (χ1n) is 7.87. The molecular formula is C18H19N3O3. The number of benzene rings is 1. The fourth-order valence-corrected chi connectivity index (χ4v) is 2.54. The van der Waals surface area contributed by atoms with Gasteiger partial charge in [0.1, 0.15) is 6.10 Å². The van der Waals surface area contributed by atoms with Crippen molar-refractivity contribution in [1.82, 2.24) is 15.2 Å². The monoisotopic (exact) mass is 325 g/mol. The number of nitrogens with one attached hydrogen (secondary N) is 1. The third kappa shape index (κ3) is 3.71. The molecule has 1 N–H and O–H groups in total. The van der Waals surface area contributed by atoms with Gasteiger partial charge in [0.05, 0.1) is 12.1 Å². The highest BCUT2D eigenvalue weighted by atomic mass is 16.5. The van der Waals surface area contributed by atoms with Crippen molar-refractivity contribution in [3.05, 3.63) is 59.8 Å². The predicted molar refractivity (Wildman–Crippen MR) is 88.6 cm³/mol. The second-order valence-electron chi connectivity index (χ2n) is 5.63. The molecule has 3 rings (SSSR count). The number of carbonyl (C=O) groups is 2. The van der Waals surface area contributed by atoms with Crippen LogP contribution in [0.25, 0.3) is 0 Å². The number of nitrogens with zero attached hydrogens (tertiary/aromatic N) is 2. The average molecular weight is 325 g/mol. The molecule has 1 aromatic heterocycles. The number of carbonyl (C=O) groups excluding carboxylic acids is 2. The lowest BCUT2D eigenvalue weighted by atomic mass is 10.1. The molecule has 1 saturated heterocycles. The second-order valence-corrected chi connectivity index (χ2v) is 5.63. The van der Waals surface area contributed by atoms with Crippen LogP contribution in [0.2, 0.25) is 0 Å². The first kappa shape index (κ1) is 16.0. The molecule has 0 bridgehead atoms. The maximum absolute atomic E-state index is 12.4. The quantitative estimate of drug-likeness (QED) is 0.930. The maximum atomic E-state index is 12.4. The molecule has 1 atom stereocenters. The minimum atomic E-state index is -0.194. The molecule has 2 heterocycles. The summed E-state index contributed by atoms with van der Waals surface area (Å²) in [5, 5.41) is 2.70. The largest absolute Gasteiger partial charge is 0.470 e. The van der Waals surface area contributed by atoms with Gasteiger partial charge in [-0.1, -0.05) is 30.3 Å². The summed E-state index contributed by atoms with van der Waals surface area (Å²) >= 11 is 0. The van der Waals surface area contributed by atoms with Crippen molar-refractivity contribution < 1.29 is 14.3 Å². The number of rotatable bonds is 4. The Morgan fingerprint density at radius 2 is 2.04 bits per heavy atom. The average Bonchev–Trinajstić information content (AvgIpc) is 2.62. The van der Waals surface area contributed by atoms with E-state index in [-0.39, 0.29) is 24.5 Å². The summed E-state index contributed by atoms with van der Waals surface area (Å²) in [7, 11) is 0. The lowest BCUT2D eigenvalue weighted by molar-refractivity contribution is -0.123. The molecule has 1 aliphatic heterocycles. The summed E-state index contributed by atoms with van der Waals surface area (Å²) in [5.74, 6) is 0.124. The smallest absolute Gasteiger partial charge is 0.255 e. The van der Waals surface area contributed by atoms with E-state index in [4.69, 9.17) is 4.74 Å². The first-order chi connectivity index (χ1) is 11.6. The van der Waals surface area contributed by atoms with Gasteiger partial charge in [0.15, 0.2) is 0 Å². The van der Waals surface area contributed by atoms with Crippen LogP contribution < -0.4 is 10.1 Å². The molecule has 0 radical (unpaired) electrons. The van der Waals surface area contributed by atoms with Gasteiger partial charge in [-0.2, -0.15) is 0 Å². The molecule has 6 nitrogen and oxygen atoms in total. The highest BCUT2D eigenvalue weighted by molar-refractivity contribution is 5.96. The van der Waals surface area contributed by atoms with E-state index in [1.165, 1.54) is 11.1 Å². The zero-order chi connectivity index (χ0) is 16.9. The van der Waals surface area contributed by atoms with Crippen molar-refractivity contribution in [3.8, 4) is 5.88 Å². The van der Waals surface area contributed by atoms with E-state index in [1.54, 1.807) is 12.1 Å². The normalized spacial score (nSPS) is 15.5. The zero-order valence-electron chi connectivity index (χ0n) is 13.4. The van der Waals surface area contributed by atoms with Crippen molar-refractivity contribution >= 4 is 11.8 Å². The molecule has 124 valence electrons. The van der Waals surface area contributed by atoms with Gasteiger partial charge in [-0.05, 0) is 18.6 Å². The van der Waals surface area contributed by atoms with Gasteiger partial charge >= 0.3 is 0 Å². The number of aromatic nitrogens is 1.